The van der Waals surface area contributed by atoms with E-state index in [4.69, 9.17) is 0 Å². The van der Waals surface area contributed by atoms with Crippen molar-refractivity contribution in [2.45, 2.75) is 33.1 Å². The van der Waals surface area contributed by atoms with E-state index in [0.29, 0.717) is 0 Å². The van der Waals surface area contributed by atoms with Gasteiger partial charge in [-0.05, 0) is 24.8 Å². The van der Waals surface area contributed by atoms with Crippen LogP contribution in [0.3, 0.4) is 0 Å². The van der Waals surface area contributed by atoms with Crippen molar-refractivity contribution in [3.05, 3.63) is 29.8 Å². The first kappa shape index (κ1) is 10.7. The SMILES string of the molecule is CCCCCPc1ccc(C)cc1. The third-order valence-electron chi connectivity index (χ3n) is 2.16. The van der Waals surface area contributed by atoms with Gasteiger partial charge in [0.15, 0.2) is 0 Å². The molecule has 0 heterocycles. The summed E-state index contributed by atoms with van der Waals surface area (Å²) in [4.78, 5) is 0. The molecule has 0 nitrogen and oxygen atoms in total. The second-order valence-corrected chi connectivity index (χ2v) is 4.93. The van der Waals surface area contributed by atoms with Crippen molar-refractivity contribution < 1.29 is 0 Å². The Morgan fingerprint density at radius 2 is 1.77 bits per heavy atom. The zero-order valence-electron chi connectivity index (χ0n) is 8.64. The van der Waals surface area contributed by atoms with Crippen molar-refractivity contribution in [1.82, 2.24) is 0 Å². The van der Waals surface area contributed by atoms with Gasteiger partial charge in [0, 0.05) is 0 Å². The standard InChI is InChI=1S/C12H19P/c1-3-4-5-10-13-12-8-6-11(2)7-9-12/h6-9,13H,3-5,10H2,1-2H3. The van der Waals surface area contributed by atoms with Crippen LogP contribution in [0, 0.1) is 6.92 Å². The molecule has 0 N–H and O–H groups in total. The van der Waals surface area contributed by atoms with Gasteiger partial charge in [-0.1, -0.05) is 58.2 Å². The van der Waals surface area contributed by atoms with Crippen molar-refractivity contribution >= 4 is 13.9 Å². The van der Waals surface area contributed by atoms with Crippen molar-refractivity contribution in [3.8, 4) is 0 Å². The monoisotopic (exact) mass is 194 g/mol. The maximum absolute atomic E-state index is 2.26. The zero-order valence-corrected chi connectivity index (χ0v) is 9.64. The highest BCUT2D eigenvalue weighted by atomic mass is 31.1. The smallest absolute Gasteiger partial charge is 0.0271 e. The summed E-state index contributed by atoms with van der Waals surface area (Å²) in [5.74, 6) is 0. The molecule has 0 aliphatic heterocycles. The van der Waals surface area contributed by atoms with Gasteiger partial charge in [0.2, 0.25) is 0 Å². The van der Waals surface area contributed by atoms with Gasteiger partial charge >= 0.3 is 0 Å². The maximum Gasteiger partial charge on any atom is -0.0271 e. The molecule has 1 aromatic rings. The number of rotatable bonds is 5. The van der Waals surface area contributed by atoms with Crippen LogP contribution in [-0.4, -0.2) is 6.16 Å². The summed E-state index contributed by atoms with van der Waals surface area (Å²) in [6.07, 6.45) is 5.48. The van der Waals surface area contributed by atoms with Crippen LogP contribution in [0.2, 0.25) is 0 Å². The molecule has 1 unspecified atom stereocenters. The molecule has 1 aromatic carbocycles. The van der Waals surface area contributed by atoms with E-state index in [2.05, 4.69) is 38.1 Å². The summed E-state index contributed by atoms with van der Waals surface area (Å²) in [6.45, 7) is 4.40. The predicted octanol–water partition coefficient (Wildman–Crippen LogP) is 3.49. The Bertz CT molecular complexity index is 225. The van der Waals surface area contributed by atoms with Gasteiger partial charge in [0.1, 0.15) is 0 Å². The molecule has 0 radical (unpaired) electrons. The first-order valence-electron chi connectivity index (χ1n) is 5.13. The molecule has 72 valence electrons. The van der Waals surface area contributed by atoms with Crippen LogP contribution in [0.4, 0.5) is 0 Å². The van der Waals surface area contributed by atoms with Crippen molar-refractivity contribution in [2.24, 2.45) is 0 Å². The van der Waals surface area contributed by atoms with Crippen molar-refractivity contribution in [3.63, 3.8) is 0 Å². The molecule has 0 saturated carbocycles. The minimum atomic E-state index is 1.01. The molecule has 1 heteroatoms. The Kier molecular flexibility index (Phi) is 5.08. The number of hydrogen-bond acceptors (Lipinski definition) is 0. The Hall–Kier alpha value is -0.350. The van der Waals surface area contributed by atoms with E-state index in [-0.39, 0.29) is 0 Å². The largest absolute Gasteiger partial charge is 0.0904 e. The molecule has 1 rings (SSSR count). The first-order valence-corrected chi connectivity index (χ1v) is 6.34. The van der Waals surface area contributed by atoms with Crippen molar-refractivity contribution in [1.29, 1.82) is 0 Å². The van der Waals surface area contributed by atoms with Crippen LogP contribution < -0.4 is 5.30 Å². The van der Waals surface area contributed by atoms with Crippen molar-refractivity contribution in [2.75, 3.05) is 6.16 Å². The van der Waals surface area contributed by atoms with E-state index in [1.807, 2.05) is 0 Å². The number of aryl methyl sites for hydroxylation is 1. The van der Waals surface area contributed by atoms with Crippen LogP contribution in [0.1, 0.15) is 31.7 Å². The summed E-state index contributed by atoms with van der Waals surface area (Å²) >= 11 is 0. The van der Waals surface area contributed by atoms with E-state index in [1.165, 1.54) is 36.3 Å². The van der Waals surface area contributed by atoms with E-state index in [9.17, 15) is 0 Å². The average Bonchev–Trinajstić information content (AvgIpc) is 2.15. The predicted molar refractivity (Wildman–Crippen MR) is 63.5 cm³/mol. The van der Waals surface area contributed by atoms with Gasteiger partial charge in [0.05, 0.1) is 0 Å². The van der Waals surface area contributed by atoms with Gasteiger partial charge in [0.25, 0.3) is 0 Å². The molecule has 0 aromatic heterocycles. The van der Waals surface area contributed by atoms with Crippen LogP contribution in [0.5, 0.6) is 0 Å². The highest BCUT2D eigenvalue weighted by molar-refractivity contribution is 7.47. The molecule has 0 spiro atoms. The highest BCUT2D eigenvalue weighted by Crippen LogP contribution is 2.13. The molecular formula is C12H19P. The summed E-state index contributed by atoms with van der Waals surface area (Å²) in [5.41, 5.74) is 1.36. The lowest BCUT2D eigenvalue weighted by Gasteiger charge is -2.01. The van der Waals surface area contributed by atoms with Gasteiger partial charge in [-0.3, -0.25) is 0 Å². The minimum Gasteiger partial charge on any atom is -0.0904 e. The third-order valence-corrected chi connectivity index (χ3v) is 3.51. The molecule has 0 aliphatic rings. The number of benzene rings is 1. The topological polar surface area (TPSA) is 0 Å². The number of unbranched alkanes of at least 4 members (excludes halogenated alkanes) is 2. The van der Waals surface area contributed by atoms with Crippen LogP contribution in [0.15, 0.2) is 24.3 Å². The quantitative estimate of drug-likeness (QED) is 0.497. The molecule has 0 saturated heterocycles. The van der Waals surface area contributed by atoms with Gasteiger partial charge < -0.3 is 0 Å². The van der Waals surface area contributed by atoms with Crippen LogP contribution in [-0.2, 0) is 0 Å². The van der Waals surface area contributed by atoms with E-state index >= 15 is 0 Å². The molecular weight excluding hydrogens is 175 g/mol. The summed E-state index contributed by atoms with van der Waals surface area (Å²) in [5, 5.41) is 1.52. The Balaban J connectivity index is 2.25. The summed E-state index contributed by atoms with van der Waals surface area (Å²) < 4.78 is 0. The molecule has 0 fully saturated rings. The number of hydrogen-bond donors (Lipinski definition) is 0. The first-order chi connectivity index (χ1) is 6.33. The Morgan fingerprint density at radius 1 is 1.08 bits per heavy atom. The zero-order chi connectivity index (χ0) is 9.52. The fourth-order valence-electron chi connectivity index (χ4n) is 1.28. The Morgan fingerprint density at radius 3 is 2.38 bits per heavy atom. The summed E-state index contributed by atoms with van der Waals surface area (Å²) in [7, 11) is 1.01. The molecule has 0 bridgehead atoms. The van der Waals surface area contributed by atoms with E-state index in [0.717, 1.165) is 8.58 Å². The highest BCUT2D eigenvalue weighted by Gasteiger charge is 1.92. The average molecular weight is 194 g/mol. The normalized spacial score (nSPS) is 11.2. The van der Waals surface area contributed by atoms with Gasteiger partial charge in [-0.15, -0.1) is 0 Å². The Labute approximate surface area is 83.5 Å². The molecule has 13 heavy (non-hydrogen) atoms. The van der Waals surface area contributed by atoms with E-state index < -0.39 is 0 Å². The molecule has 0 amide bonds. The van der Waals surface area contributed by atoms with Crippen LogP contribution in [0.25, 0.3) is 0 Å². The van der Waals surface area contributed by atoms with E-state index in [1.54, 1.807) is 0 Å². The second-order valence-electron chi connectivity index (χ2n) is 3.50. The lowest BCUT2D eigenvalue weighted by atomic mass is 10.2. The second kappa shape index (κ2) is 6.16. The molecule has 1 atom stereocenters. The lowest BCUT2D eigenvalue weighted by Crippen LogP contribution is -1.94. The summed E-state index contributed by atoms with van der Waals surface area (Å²) in [6, 6.07) is 8.95. The fourth-order valence-corrected chi connectivity index (χ4v) is 2.40. The molecule has 0 aliphatic carbocycles. The van der Waals surface area contributed by atoms with Crippen LogP contribution >= 0.6 is 8.58 Å². The lowest BCUT2D eigenvalue weighted by molar-refractivity contribution is 0.778. The fraction of sp³-hybridized carbons (Fsp3) is 0.500. The maximum atomic E-state index is 2.26. The minimum absolute atomic E-state index is 1.01. The van der Waals surface area contributed by atoms with Gasteiger partial charge in [-0.25, -0.2) is 0 Å². The van der Waals surface area contributed by atoms with Gasteiger partial charge in [-0.2, -0.15) is 0 Å². The third kappa shape index (κ3) is 4.43.